The predicted molar refractivity (Wildman–Crippen MR) is 74.4 cm³/mol. The van der Waals surface area contributed by atoms with E-state index in [9.17, 15) is 9.90 Å². The van der Waals surface area contributed by atoms with E-state index in [-0.39, 0.29) is 6.04 Å². The van der Waals surface area contributed by atoms with Gasteiger partial charge in [-0.05, 0) is 32.2 Å². The van der Waals surface area contributed by atoms with Crippen molar-refractivity contribution >= 4 is 17.3 Å². The summed E-state index contributed by atoms with van der Waals surface area (Å²) in [6.45, 7) is 1.65. The summed E-state index contributed by atoms with van der Waals surface area (Å²) in [4.78, 5) is 19.0. The van der Waals surface area contributed by atoms with E-state index in [1.54, 1.807) is 11.3 Å². The number of thiazole rings is 1. The molecule has 0 aromatic carbocycles. The van der Waals surface area contributed by atoms with Crippen LogP contribution in [-0.4, -0.2) is 33.5 Å². The van der Waals surface area contributed by atoms with Gasteiger partial charge in [0.25, 0.3) is 0 Å². The van der Waals surface area contributed by atoms with Crippen molar-refractivity contribution in [1.82, 2.24) is 9.88 Å². The quantitative estimate of drug-likeness (QED) is 0.921. The van der Waals surface area contributed by atoms with Gasteiger partial charge >= 0.3 is 5.97 Å². The first-order valence-electron chi connectivity index (χ1n) is 7.15. The largest absolute Gasteiger partial charge is 0.480 e. The Labute approximate surface area is 117 Å². The normalized spacial score (nSPS) is 25.2. The standard InChI is InChI=1S/C14H20N2O2S/c17-14(18)12-6-3-7-16(12)9-11-8-15-13(19-11)10-4-1-2-5-10/h8,10,12H,1-7,9H2,(H,17,18)/t12-/m0/s1. The molecule has 0 radical (unpaired) electrons. The fourth-order valence-electron chi connectivity index (χ4n) is 3.25. The first kappa shape index (κ1) is 13.1. The Balaban J connectivity index is 1.65. The van der Waals surface area contributed by atoms with Crippen LogP contribution in [-0.2, 0) is 11.3 Å². The van der Waals surface area contributed by atoms with E-state index in [2.05, 4.69) is 9.88 Å². The van der Waals surface area contributed by atoms with Crippen molar-refractivity contribution in [2.75, 3.05) is 6.54 Å². The number of aromatic nitrogens is 1. The molecule has 1 aliphatic heterocycles. The number of carboxylic acid groups (broad SMARTS) is 1. The Morgan fingerprint density at radius 3 is 2.89 bits per heavy atom. The Bertz CT molecular complexity index is 454. The third-order valence-corrected chi connectivity index (χ3v) is 5.43. The van der Waals surface area contributed by atoms with Crippen molar-refractivity contribution in [3.8, 4) is 0 Å². The molecular weight excluding hydrogens is 260 g/mol. The highest BCUT2D eigenvalue weighted by Crippen LogP contribution is 2.36. The van der Waals surface area contributed by atoms with E-state index in [0.717, 1.165) is 25.9 Å². The molecule has 4 nitrogen and oxygen atoms in total. The van der Waals surface area contributed by atoms with Gasteiger partial charge < -0.3 is 5.11 Å². The summed E-state index contributed by atoms with van der Waals surface area (Å²) < 4.78 is 0. The van der Waals surface area contributed by atoms with E-state index in [0.29, 0.717) is 5.92 Å². The first-order valence-corrected chi connectivity index (χ1v) is 7.97. The van der Waals surface area contributed by atoms with Gasteiger partial charge in [-0.3, -0.25) is 9.69 Å². The SMILES string of the molecule is O=C(O)[C@@H]1CCCN1Cc1cnc(C2CCCC2)s1. The highest BCUT2D eigenvalue weighted by atomic mass is 32.1. The van der Waals surface area contributed by atoms with Crippen LogP contribution in [0, 0.1) is 0 Å². The first-order chi connectivity index (χ1) is 9.24. The lowest BCUT2D eigenvalue weighted by Crippen LogP contribution is -2.35. The fraction of sp³-hybridized carbons (Fsp3) is 0.714. The molecule has 104 valence electrons. The number of rotatable bonds is 4. The second-order valence-electron chi connectivity index (χ2n) is 5.61. The van der Waals surface area contributed by atoms with Crippen LogP contribution >= 0.6 is 11.3 Å². The third kappa shape index (κ3) is 2.82. The minimum absolute atomic E-state index is 0.294. The van der Waals surface area contributed by atoms with Gasteiger partial charge in [-0.2, -0.15) is 0 Å². The zero-order valence-corrected chi connectivity index (χ0v) is 11.9. The van der Waals surface area contributed by atoms with Crippen molar-refractivity contribution in [2.45, 2.75) is 57.0 Å². The zero-order valence-electron chi connectivity index (χ0n) is 11.0. The monoisotopic (exact) mass is 280 g/mol. The molecule has 2 fully saturated rings. The number of aliphatic carboxylic acids is 1. The van der Waals surface area contributed by atoms with Crippen LogP contribution in [0.5, 0.6) is 0 Å². The number of carboxylic acids is 1. The molecule has 3 rings (SSSR count). The molecule has 2 aliphatic rings. The zero-order chi connectivity index (χ0) is 13.2. The van der Waals surface area contributed by atoms with Gasteiger partial charge in [-0.15, -0.1) is 11.3 Å². The maximum atomic E-state index is 11.2. The number of carbonyl (C=O) groups is 1. The molecule has 1 aliphatic carbocycles. The van der Waals surface area contributed by atoms with E-state index >= 15 is 0 Å². The van der Waals surface area contributed by atoms with Crippen molar-refractivity contribution in [2.24, 2.45) is 0 Å². The van der Waals surface area contributed by atoms with Crippen LogP contribution in [0.15, 0.2) is 6.20 Å². The van der Waals surface area contributed by atoms with Crippen molar-refractivity contribution in [1.29, 1.82) is 0 Å². The number of hydrogen-bond acceptors (Lipinski definition) is 4. The lowest BCUT2D eigenvalue weighted by Gasteiger charge is -2.19. The minimum atomic E-state index is -0.682. The van der Waals surface area contributed by atoms with Gasteiger partial charge in [-0.1, -0.05) is 12.8 Å². The Morgan fingerprint density at radius 1 is 1.37 bits per heavy atom. The van der Waals surface area contributed by atoms with Crippen LogP contribution in [0.25, 0.3) is 0 Å². The van der Waals surface area contributed by atoms with Gasteiger partial charge in [0.1, 0.15) is 6.04 Å². The summed E-state index contributed by atoms with van der Waals surface area (Å²) in [6, 6.07) is -0.294. The average molecular weight is 280 g/mol. The van der Waals surface area contributed by atoms with E-state index < -0.39 is 5.97 Å². The molecule has 0 spiro atoms. The minimum Gasteiger partial charge on any atom is -0.480 e. The maximum Gasteiger partial charge on any atom is 0.320 e. The summed E-state index contributed by atoms with van der Waals surface area (Å²) in [5.74, 6) is -0.0226. The summed E-state index contributed by atoms with van der Waals surface area (Å²) in [6.07, 6.45) is 8.92. The molecule has 19 heavy (non-hydrogen) atoms. The van der Waals surface area contributed by atoms with Gasteiger partial charge in [0.2, 0.25) is 0 Å². The molecule has 5 heteroatoms. The topological polar surface area (TPSA) is 53.4 Å². The van der Waals surface area contributed by atoms with Crippen LogP contribution in [0.1, 0.15) is 54.3 Å². The van der Waals surface area contributed by atoms with Crippen LogP contribution in [0.4, 0.5) is 0 Å². The molecule has 1 saturated heterocycles. The van der Waals surface area contributed by atoms with Crippen molar-refractivity contribution in [3.05, 3.63) is 16.1 Å². The van der Waals surface area contributed by atoms with E-state index in [1.165, 1.54) is 35.6 Å². The molecule has 2 heterocycles. The summed E-state index contributed by atoms with van der Waals surface area (Å²) in [5, 5.41) is 10.4. The second kappa shape index (κ2) is 5.59. The Morgan fingerprint density at radius 2 is 2.16 bits per heavy atom. The Hall–Kier alpha value is -0.940. The second-order valence-corrected chi connectivity index (χ2v) is 6.76. The van der Waals surface area contributed by atoms with Gasteiger partial charge in [0.05, 0.1) is 5.01 Å². The lowest BCUT2D eigenvalue weighted by atomic mass is 10.1. The fourth-order valence-corrected chi connectivity index (χ4v) is 4.36. The van der Waals surface area contributed by atoms with Crippen LogP contribution < -0.4 is 0 Å². The molecule has 1 atom stereocenters. The van der Waals surface area contributed by atoms with Crippen molar-refractivity contribution < 1.29 is 9.90 Å². The molecule has 0 amide bonds. The smallest absolute Gasteiger partial charge is 0.320 e. The van der Waals surface area contributed by atoms with Gasteiger partial charge in [-0.25, -0.2) is 4.98 Å². The third-order valence-electron chi connectivity index (χ3n) is 4.28. The van der Waals surface area contributed by atoms with Crippen LogP contribution in [0.2, 0.25) is 0 Å². The van der Waals surface area contributed by atoms with E-state index in [4.69, 9.17) is 0 Å². The molecule has 1 aromatic rings. The summed E-state index contributed by atoms with van der Waals surface area (Å²) in [5.41, 5.74) is 0. The Kier molecular flexibility index (Phi) is 3.84. The molecule has 1 aromatic heterocycles. The average Bonchev–Trinajstić information content (AvgIpc) is 3.09. The predicted octanol–water partition coefficient (Wildman–Crippen LogP) is 2.85. The van der Waals surface area contributed by atoms with Crippen molar-refractivity contribution in [3.63, 3.8) is 0 Å². The molecule has 1 N–H and O–H groups in total. The molecular formula is C14H20N2O2S. The summed E-state index contributed by atoms with van der Waals surface area (Å²) in [7, 11) is 0. The molecule has 0 unspecified atom stereocenters. The number of likely N-dealkylation sites (tertiary alicyclic amines) is 1. The van der Waals surface area contributed by atoms with E-state index in [1.807, 2.05) is 6.20 Å². The van der Waals surface area contributed by atoms with Gasteiger partial charge in [0, 0.05) is 23.5 Å². The van der Waals surface area contributed by atoms with Crippen LogP contribution in [0.3, 0.4) is 0 Å². The molecule has 1 saturated carbocycles. The van der Waals surface area contributed by atoms with Gasteiger partial charge in [0.15, 0.2) is 0 Å². The molecule has 0 bridgehead atoms. The highest BCUT2D eigenvalue weighted by molar-refractivity contribution is 7.11. The maximum absolute atomic E-state index is 11.2. The number of nitrogens with zero attached hydrogens (tertiary/aromatic N) is 2. The number of hydrogen-bond donors (Lipinski definition) is 1. The lowest BCUT2D eigenvalue weighted by molar-refractivity contribution is -0.142. The summed E-state index contributed by atoms with van der Waals surface area (Å²) >= 11 is 1.79. The highest BCUT2D eigenvalue weighted by Gasteiger charge is 2.31.